The number of ether oxygens (including phenoxy) is 2. The van der Waals surface area contributed by atoms with Crippen LogP contribution in [0.3, 0.4) is 0 Å². The van der Waals surface area contributed by atoms with Crippen molar-refractivity contribution in [2.24, 2.45) is 0 Å². The third-order valence-corrected chi connectivity index (χ3v) is 12.8. The Kier molecular flexibility index (Phi) is 44.6. The Bertz CT molecular complexity index is 1170. The number of unbranched alkanes of at least 4 members (excludes halogenated alkanes) is 28. The van der Waals surface area contributed by atoms with Crippen molar-refractivity contribution >= 4 is 47.5 Å². The van der Waals surface area contributed by atoms with E-state index in [2.05, 4.69) is 24.5 Å². The Labute approximate surface area is 393 Å². The third kappa shape index (κ3) is 44.4. The Hall–Kier alpha value is -2.83. The van der Waals surface area contributed by atoms with Gasteiger partial charge in [0, 0.05) is 50.2 Å². The van der Waals surface area contributed by atoms with E-state index in [1.807, 2.05) is 0 Å². The van der Waals surface area contributed by atoms with Crippen molar-refractivity contribution < 1.29 is 48.5 Å². The maximum absolute atomic E-state index is 12.8. The van der Waals surface area contributed by atoms with Crippen molar-refractivity contribution in [1.82, 2.24) is 10.6 Å². The van der Waals surface area contributed by atoms with Crippen LogP contribution >= 0.6 is 11.8 Å². The molecule has 64 heavy (non-hydrogen) atoms. The van der Waals surface area contributed by atoms with Crippen molar-refractivity contribution in [2.75, 3.05) is 24.7 Å². The summed E-state index contributed by atoms with van der Waals surface area (Å²) >= 11 is 1.51. The molecule has 0 saturated heterocycles. The van der Waals surface area contributed by atoms with Crippen molar-refractivity contribution in [3.63, 3.8) is 0 Å². The number of nitrogens with one attached hydrogen (secondary N) is 2. The van der Waals surface area contributed by atoms with Gasteiger partial charge in [0.1, 0.15) is 18.8 Å². The lowest BCUT2D eigenvalue weighted by atomic mass is 10.0. The molecule has 0 aromatic rings. The molecule has 0 saturated carbocycles. The van der Waals surface area contributed by atoms with Gasteiger partial charge >= 0.3 is 23.9 Å². The molecule has 0 aromatic heterocycles. The summed E-state index contributed by atoms with van der Waals surface area (Å²) in [5.74, 6) is -2.34. The van der Waals surface area contributed by atoms with Crippen LogP contribution in [0, 0.1) is 0 Å². The van der Waals surface area contributed by atoms with E-state index in [1.165, 1.54) is 140 Å². The van der Waals surface area contributed by atoms with Crippen molar-refractivity contribution in [2.45, 2.75) is 264 Å². The topological polar surface area (TPSA) is 185 Å². The van der Waals surface area contributed by atoms with Gasteiger partial charge in [0.25, 0.3) is 0 Å². The number of carboxylic acid groups (broad SMARTS) is 2. The number of amides is 2. The molecule has 12 nitrogen and oxygen atoms in total. The summed E-state index contributed by atoms with van der Waals surface area (Å²) in [6.07, 6.45) is 36.3. The van der Waals surface area contributed by atoms with Crippen molar-refractivity contribution in [3.05, 3.63) is 0 Å². The summed E-state index contributed by atoms with van der Waals surface area (Å²) in [6.45, 7) is 5.08. The number of carbonyl (C=O) groups is 6. The van der Waals surface area contributed by atoms with Gasteiger partial charge in [-0.3, -0.25) is 24.0 Å². The van der Waals surface area contributed by atoms with E-state index in [-0.39, 0.29) is 43.7 Å². The van der Waals surface area contributed by atoms with E-state index in [9.17, 15) is 33.9 Å². The van der Waals surface area contributed by atoms with Crippen LogP contribution < -0.4 is 10.6 Å². The highest BCUT2D eigenvalue weighted by Crippen LogP contribution is 2.17. The number of esters is 2. The van der Waals surface area contributed by atoms with E-state index in [4.69, 9.17) is 14.6 Å². The average molecular weight is 927 g/mol. The fourth-order valence-corrected chi connectivity index (χ4v) is 8.55. The van der Waals surface area contributed by atoms with Crippen LogP contribution in [0.25, 0.3) is 0 Å². The van der Waals surface area contributed by atoms with Crippen LogP contribution in [0.5, 0.6) is 0 Å². The molecular weight excluding hydrogens is 833 g/mol. The number of hydrogen-bond donors (Lipinski definition) is 4. The number of rotatable bonds is 49. The zero-order chi connectivity index (χ0) is 47.1. The average Bonchev–Trinajstić information content (AvgIpc) is 3.26. The molecule has 0 rings (SSSR count). The Morgan fingerprint density at radius 3 is 1.36 bits per heavy atom. The molecule has 0 aromatic carbocycles. The molecule has 0 spiro atoms. The SMILES string of the molecule is CCCCCCCCCCCCCCCC(=O)OCC(CSCCC(=O)NCCCCCCCC(=O)NC(CCC(=O)O)C(=O)O)OC(=O)CCCCCCCCCCCCCCC. The first-order chi connectivity index (χ1) is 31.1. The quantitative estimate of drug-likeness (QED) is 0.0336. The Morgan fingerprint density at radius 1 is 0.484 bits per heavy atom. The van der Waals surface area contributed by atoms with Gasteiger partial charge < -0.3 is 30.3 Å². The van der Waals surface area contributed by atoms with Gasteiger partial charge in [-0.2, -0.15) is 11.8 Å². The van der Waals surface area contributed by atoms with E-state index in [0.717, 1.165) is 64.2 Å². The number of thioether (sulfide) groups is 1. The van der Waals surface area contributed by atoms with Crippen LogP contribution in [-0.4, -0.2) is 82.7 Å². The molecule has 0 aliphatic rings. The van der Waals surface area contributed by atoms with Crippen LogP contribution in [0.1, 0.15) is 251 Å². The minimum absolute atomic E-state index is 0.0289. The Balaban J connectivity index is 4.41. The molecule has 374 valence electrons. The van der Waals surface area contributed by atoms with Crippen molar-refractivity contribution in [1.29, 1.82) is 0 Å². The highest BCUT2D eigenvalue weighted by molar-refractivity contribution is 7.99. The highest BCUT2D eigenvalue weighted by Gasteiger charge is 2.21. The van der Waals surface area contributed by atoms with E-state index >= 15 is 0 Å². The predicted molar refractivity (Wildman–Crippen MR) is 261 cm³/mol. The number of aliphatic carboxylic acids is 2. The lowest BCUT2D eigenvalue weighted by Crippen LogP contribution is -2.41. The molecule has 2 amide bonds. The second-order valence-corrected chi connectivity index (χ2v) is 19.0. The van der Waals surface area contributed by atoms with Crippen molar-refractivity contribution in [3.8, 4) is 0 Å². The zero-order valence-electron chi connectivity index (χ0n) is 40.7. The van der Waals surface area contributed by atoms with E-state index in [0.29, 0.717) is 43.7 Å². The molecule has 4 N–H and O–H groups in total. The first kappa shape index (κ1) is 61.2. The van der Waals surface area contributed by atoms with Crippen LogP contribution in [0.15, 0.2) is 0 Å². The minimum Gasteiger partial charge on any atom is -0.481 e. The summed E-state index contributed by atoms with van der Waals surface area (Å²) in [4.78, 5) is 72.0. The normalized spacial score (nSPS) is 12.1. The number of carbonyl (C=O) groups excluding carboxylic acids is 4. The largest absolute Gasteiger partial charge is 0.481 e. The van der Waals surface area contributed by atoms with E-state index < -0.39 is 30.0 Å². The fourth-order valence-electron chi connectivity index (χ4n) is 7.62. The van der Waals surface area contributed by atoms with Gasteiger partial charge in [-0.25, -0.2) is 4.79 Å². The summed E-state index contributed by atoms with van der Waals surface area (Å²) in [5.41, 5.74) is 0. The second kappa shape index (κ2) is 46.7. The molecule has 0 aliphatic carbocycles. The number of hydrogen-bond acceptors (Lipinski definition) is 9. The van der Waals surface area contributed by atoms with Gasteiger partial charge in [-0.05, 0) is 32.1 Å². The molecule has 2 atom stereocenters. The molecule has 0 bridgehead atoms. The maximum atomic E-state index is 12.8. The van der Waals surface area contributed by atoms with Gasteiger partial charge in [0.15, 0.2) is 0 Å². The smallest absolute Gasteiger partial charge is 0.326 e. The lowest BCUT2D eigenvalue weighted by Gasteiger charge is -2.18. The van der Waals surface area contributed by atoms with E-state index in [1.54, 1.807) is 0 Å². The van der Waals surface area contributed by atoms with Gasteiger partial charge in [-0.15, -0.1) is 0 Å². The lowest BCUT2D eigenvalue weighted by molar-refractivity contribution is -0.157. The van der Waals surface area contributed by atoms with Crippen LogP contribution in [0.4, 0.5) is 0 Å². The standard InChI is InChI=1S/C51H94N2O10S/c1-3-5-7-9-11-13-15-17-19-21-23-27-31-35-49(58)62-42-44(63-50(59)36-32-28-24-22-20-18-16-14-12-10-8-6-4-2)43-64-41-39-46(54)52-40-33-29-25-26-30-34-47(55)53-45(51(60)61)37-38-48(56)57/h44-45H,3-43H2,1-2H3,(H,52,54)(H,53,55)(H,56,57)(H,60,61). The van der Waals surface area contributed by atoms with Gasteiger partial charge in [0.05, 0.1) is 0 Å². The summed E-state index contributed by atoms with van der Waals surface area (Å²) in [7, 11) is 0. The first-order valence-corrected chi connectivity index (χ1v) is 27.2. The summed E-state index contributed by atoms with van der Waals surface area (Å²) in [5, 5.41) is 23.3. The Morgan fingerprint density at radius 2 is 0.906 bits per heavy atom. The monoisotopic (exact) mass is 927 g/mol. The first-order valence-electron chi connectivity index (χ1n) is 26.0. The minimum atomic E-state index is -1.25. The number of carboxylic acids is 2. The molecule has 0 radical (unpaired) electrons. The van der Waals surface area contributed by atoms with Gasteiger partial charge in [0.2, 0.25) is 11.8 Å². The maximum Gasteiger partial charge on any atom is 0.326 e. The van der Waals surface area contributed by atoms with Crippen LogP contribution in [0.2, 0.25) is 0 Å². The molecule has 13 heteroatoms. The molecule has 2 unspecified atom stereocenters. The highest BCUT2D eigenvalue weighted by atomic mass is 32.2. The zero-order valence-corrected chi connectivity index (χ0v) is 41.5. The third-order valence-electron chi connectivity index (χ3n) is 11.7. The molecule has 0 heterocycles. The van der Waals surface area contributed by atoms with Crippen LogP contribution in [-0.2, 0) is 38.2 Å². The molecule has 0 aliphatic heterocycles. The molecular formula is C51H94N2O10S. The predicted octanol–water partition coefficient (Wildman–Crippen LogP) is 12.4. The van der Waals surface area contributed by atoms with Gasteiger partial charge in [-0.1, -0.05) is 187 Å². The summed E-state index contributed by atoms with van der Waals surface area (Å²) in [6, 6.07) is -1.21. The second-order valence-electron chi connectivity index (χ2n) is 17.9. The molecule has 0 fully saturated rings. The summed E-state index contributed by atoms with van der Waals surface area (Å²) < 4.78 is 11.4. The fraction of sp³-hybridized carbons (Fsp3) is 0.882.